The van der Waals surface area contributed by atoms with Crippen molar-refractivity contribution in [2.45, 2.75) is 33.4 Å². The number of nitrogens with zero attached hydrogens (tertiary/aromatic N) is 1. The van der Waals surface area contributed by atoms with Crippen LogP contribution in [0.2, 0.25) is 5.02 Å². The fraction of sp³-hybridized carbons (Fsp3) is 0.333. The predicted octanol–water partition coefficient (Wildman–Crippen LogP) is 4.26. The molecule has 28 heavy (non-hydrogen) atoms. The van der Waals surface area contributed by atoms with E-state index in [0.717, 1.165) is 28.0 Å². The van der Waals surface area contributed by atoms with Crippen LogP contribution in [-0.4, -0.2) is 25.9 Å². The number of hydrogen-bond donors (Lipinski definition) is 1. The average Bonchev–Trinajstić information content (AvgIpc) is 2.68. The van der Waals surface area contributed by atoms with E-state index in [4.69, 9.17) is 26.0 Å². The summed E-state index contributed by atoms with van der Waals surface area (Å²) in [7, 11) is 2.78. The van der Waals surface area contributed by atoms with Gasteiger partial charge in [-0.2, -0.15) is 5.48 Å². The molecule has 0 fully saturated rings. The van der Waals surface area contributed by atoms with Crippen LogP contribution in [0.25, 0.3) is 0 Å². The fourth-order valence-electron chi connectivity index (χ4n) is 2.78. The summed E-state index contributed by atoms with van der Waals surface area (Å²) in [5, 5.41) is 4.93. The van der Waals surface area contributed by atoms with Gasteiger partial charge in [-0.25, -0.2) is 4.79 Å². The molecule has 0 aromatic heterocycles. The van der Waals surface area contributed by atoms with Crippen molar-refractivity contribution in [2.24, 2.45) is 5.16 Å². The number of nitrogens with one attached hydrogen (secondary N) is 1. The maximum absolute atomic E-state index is 12.1. The molecule has 0 amide bonds. The molecule has 1 atom stereocenters. The van der Waals surface area contributed by atoms with E-state index in [1.165, 1.54) is 14.2 Å². The number of ether oxygens (including phenoxy) is 1. The van der Waals surface area contributed by atoms with Gasteiger partial charge in [0.2, 0.25) is 0 Å². The van der Waals surface area contributed by atoms with Crippen LogP contribution in [0.5, 0.6) is 0 Å². The van der Waals surface area contributed by atoms with Crippen molar-refractivity contribution in [1.82, 2.24) is 5.48 Å². The zero-order chi connectivity index (χ0) is 20.7. The second-order valence-electron chi connectivity index (χ2n) is 6.33. The van der Waals surface area contributed by atoms with Crippen molar-refractivity contribution in [3.8, 4) is 0 Å². The van der Waals surface area contributed by atoms with Gasteiger partial charge in [0.15, 0.2) is 6.04 Å². The van der Waals surface area contributed by atoms with Crippen LogP contribution in [-0.2, 0) is 25.8 Å². The highest BCUT2D eigenvalue weighted by atomic mass is 35.5. The zero-order valence-electron chi connectivity index (χ0n) is 16.7. The van der Waals surface area contributed by atoms with E-state index in [2.05, 4.69) is 10.6 Å². The summed E-state index contributed by atoms with van der Waals surface area (Å²) in [6.07, 6.45) is 0. The number of carbonyl (C=O) groups is 1. The molecule has 0 saturated heterocycles. The number of methoxy groups -OCH3 is 1. The molecule has 0 aliphatic carbocycles. The Hall–Kier alpha value is -2.41. The van der Waals surface area contributed by atoms with Crippen LogP contribution >= 0.6 is 11.6 Å². The Morgan fingerprint density at radius 1 is 1.18 bits per heavy atom. The van der Waals surface area contributed by atoms with Crippen LogP contribution in [0, 0.1) is 13.8 Å². The lowest BCUT2D eigenvalue weighted by Gasteiger charge is -2.19. The van der Waals surface area contributed by atoms with Gasteiger partial charge < -0.3 is 14.4 Å². The summed E-state index contributed by atoms with van der Waals surface area (Å²) in [4.78, 5) is 22.7. The minimum Gasteiger partial charge on any atom is -0.468 e. The lowest BCUT2D eigenvalue weighted by Crippen LogP contribution is -2.30. The van der Waals surface area contributed by atoms with Gasteiger partial charge in [-0.3, -0.25) is 0 Å². The van der Waals surface area contributed by atoms with Crippen molar-refractivity contribution >= 4 is 23.3 Å². The molecule has 0 saturated carbocycles. The van der Waals surface area contributed by atoms with Crippen LogP contribution in [0.15, 0.2) is 41.6 Å². The number of rotatable bonds is 8. The highest BCUT2D eigenvalue weighted by molar-refractivity contribution is 6.31. The summed E-state index contributed by atoms with van der Waals surface area (Å²) in [5.74, 6) is -0.454. The predicted molar refractivity (Wildman–Crippen MR) is 109 cm³/mol. The number of oxime groups is 1. The third-order valence-electron chi connectivity index (χ3n) is 4.42. The number of benzene rings is 2. The minimum absolute atomic E-state index is 0.199. The third kappa shape index (κ3) is 5.32. The molecule has 0 radical (unpaired) electrons. The van der Waals surface area contributed by atoms with E-state index < -0.39 is 12.0 Å². The summed E-state index contributed by atoms with van der Waals surface area (Å²) in [5.41, 5.74) is 7.83. The van der Waals surface area contributed by atoms with E-state index in [0.29, 0.717) is 10.6 Å². The van der Waals surface area contributed by atoms with Crippen molar-refractivity contribution in [3.05, 3.63) is 69.2 Å². The fourth-order valence-corrected chi connectivity index (χ4v) is 2.90. The minimum atomic E-state index is -0.766. The number of aryl methyl sites for hydroxylation is 2. The molecule has 1 unspecified atom stereocenters. The third-order valence-corrected chi connectivity index (χ3v) is 4.84. The van der Waals surface area contributed by atoms with Gasteiger partial charge in [0.25, 0.3) is 0 Å². The van der Waals surface area contributed by atoms with E-state index in [1.807, 2.05) is 57.2 Å². The van der Waals surface area contributed by atoms with Crippen molar-refractivity contribution in [2.75, 3.05) is 14.2 Å². The van der Waals surface area contributed by atoms with E-state index in [1.54, 1.807) is 0 Å². The first-order valence-corrected chi connectivity index (χ1v) is 9.14. The summed E-state index contributed by atoms with van der Waals surface area (Å²) >= 11 is 6.07. The molecule has 150 valence electrons. The highest BCUT2D eigenvalue weighted by Crippen LogP contribution is 2.24. The van der Waals surface area contributed by atoms with Crippen LogP contribution in [0.1, 0.15) is 40.8 Å². The average molecular weight is 405 g/mol. The first-order chi connectivity index (χ1) is 13.4. The Morgan fingerprint density at radius 3 is 2.57 bits per heavy atom. The molecule has 0 aliphatic heterocycles. The molecule has 2 aromatic rings. The number of esters is 1. The van der Waals surface area contributed by atoms with Gasteiger partial charge in [-0.15, -0.1) is 0 Å². The second-order valence-corrected chi connectivity index (χ2v) is 6.74. The molecular formula is C21H25ClN2O4. The van der Waals surface area contributed by atoms with Gasteiger partial charge in [0.05, 0.1) is 19.9 Å². The number of halogens is 1. The molecule has 0 spiro atoms. The maximum atomic E-state index is 12.1. The molecule has 0 bridgehead atoms. The smallest absolute Gasteiger partial charge is 0.329 e. The lowest BCUT2D eigenvalue weighted by atomic mass is 9.97. The number of carbonyl (C=O) groups excluding carboxylic acids is 1. The molecule has 2 aromatic carbocycles. The van der Waals surface area contributed by atoms with Crippen molar-refractivity contribution in [1.29, 1.82) is 0 Å². The molecule has 0 aliphatic rings. The molecule has 7 heteroatoms. The summed E-state index contributed by atoms with van der Waals surface area (Å²) in [6.45, 7) is 5.95. The SMILES string of the molecule is CONC(C(=O)OC)c1cccc(C)c1CO/N=C(\C)c1ccc(Cl)c(C)c1. The van der Waals surface area contributed by atoms with Crippen LogP contribution in [0.4, 0.5) is 0 Å². The molecule has 1 N–H and O–H groups in total. The van der Waals surface area contributed by atoms with Crippen molar-refractivity contribution < 1.29 is 19.2 Å². The first kappa shape index (κ1) is 21.9. The molecular weight excluding hydrogens is 380 g/mol. The van der Waals surface area contributed by atoms with Gasteiger partial charge in [-0.1, -0.05) is 41.0 Å². The Morgan fingerprint density at radius 2 is 1.93 bits per heavy atom. The largest absolute Gasteiger partial charge is 0.468 e. The normalized spacial score (nSPS) is 12.6. The van der Waals surface area contributed by atoms with Crippen molar-refractivity contribution in [3.63, 3.8) is 0 Å². The lowest BCUT2D eigenvalue weighted by molar-refractivity contribution is -0.147. The Bertz CT molecular complexity index is 867. The number of hydrogen-bond acceptors (Lipinski definition) is 6. The second kappa shape index (κ2) is 10.2. The van der Waals surface area contributed by atoms with Gasteiger partial charge >= 0.3 is 5.97 Å². The summed E-state index contributed by atoms with van der Waals surface area (Å²) < 4.78 is 4.87. The Labute approximate surface area is 170 Å². The topological polar surface area (TPSA) is 69.2 Å². The molecule has 6 nitrogen and oxygen atoms in total. The van der Waals surface area contributed by atoms with Crippen LogP contribution in [0.3, 0.4) is 0 Å². The molecule has 2 rings (SSSR count). The Kier molecular flexibility index (Phi) is 7.99. The quantitative estimate of drug-likeness (QED) is 0.404. The van der Waals surface area contributed by atoms with E-state index >= 15 is 0 Å². The van der Waals surface area contributed by atoms with Gasteiger partial charge in [0, 0.05) is 10.6 Å². The van der Waals surface area contributed by atoms with Gasteiger partial charge in [-0.05, 0) is 55.2 Å². The monoisotopic (exact) mass is 404 g/mol. The van der Waals surface area contributed by atoms with E-state index in [-0.39, 0.29) is 6.61 Å². The highest BCUT2D eigenvalue weighted by Gasteiger charge is 2.25. The summed E-state index contributed by atoms with van der Waals surface area (Å²) in [6, 6.07) is 10.6. The zero-order valence-corrected chi connectivity index (χ0v) is 17.5. The standard InChI is InChI=1S/C21H25ClN2O4/c1-13-7-6-8-17(20(24-27-5)21(25)26-4)18(13)12-28-23-15(3)16-9-10-19(22)14(2)11-16/h6-11,20,24H,12H2,1-5H3/b23-15+. The van der Waals surface area contributed by atoms with Gasteiger partial charge in [0.1, 0.15) is 6.61 Å². The number of hydroxylamine groups is 1. The molecule has 0 heterocycles. The Balaban J connectivity index is 2.23. The van der Waals surface area contributed by atoms with E-state index in [9.17, 15) is 4.79 Å². The maximum Gasteiger partial charge on any atom is 0.329 e. The van der Waals surface area contributed by atoms with Crippen LogP contribution < -0.4 is 5.48 Å². The first-order valence-electron chi connectivity index (χ1n) is 8.76.